The predicted molar refractivity (Wildman–Crippen MR) is 190 cm³/mol. The summed E-state index contributed by atoms with van der Waals surface area (Å²) in [6.45, 7) is 6.08. The van der Waals surface area contributed by atoms with Gasteiger partial charge in [-0.1, -0.05) is 80.8 Å². The molecule has 0 bridgehead atoms. The second-order valence-electron chi connectivity index (χ2n) is 12.5. The molecule has 0 aliphatic carbocycles. The van der Waals surface area contributed by atoms with Crippen LogP contribution in [-0.4, -0.2) is 23.6 Å². The van der Waals surface area contributed by atoms with Gasteiger partial charge in [0.1, 0.15) is 0 Å². The van der Waals surface area contributed by atoms with Crippen molar-refractivity contribution in [3.8, 4) is 22.3 Å². The van der Waals surface area contributed by atoms with Gasteiger partial charge < -0.3 is 5.73 Å². The maximum atomic E-state index is 14.0. The molecule has 0 radical (unpaired) electrons. The van der Waals surface area contributed by atoms with Gasteiger partial charge in [-0.3, -0.25) is 19.2 Å². The van der Waals surface area contributed by atoms with Crippen LogP contribution in [0.4, 0.5) is 17.1 Å². The van der Waals surface area contributed by atoms with Crippen molar-refractivity contribution in [2.24, 2.45) is 0 Å². The molecule has 0 aromatic heterocycles. The van der Waals surface area contributed by atoms with Crippen LogP contribution in [0.15, 0.2) is 97.1 Å². The van der Waals surface area contributed by atoms with Crippen LogP contribution >= 0.6 is 0 Å². The van der Waals surface area contributed by atoms with Crippen molar-refractivity contribution >= 4 is 40.7 Å². The van der Waals surface area contributed by atoms with Crippen LogP contribution in [0.1, 0.15) is 84.8 Å². The molecule has 5 aromatic rings. The third-order valence-corrected chi connectivity index (χ3v) is 9.27. The Balaban J connectivity index is 1.28. The maximum Gasteiger partial charge on any atom is 0.266 e. The summed E-state index contributed by atoms with van der Waals surface area (Å²) in [6.07, 6.45) is 2.59. The number of imide groups is 2. The molecule has 238 valence electrons. The lowest BCUT2D eigenvalue weighted by Gasteiger charge is -2.26. The number of aryl methyl sites for hydroxylation is 1. The first-order valence-electron chi connectivity index (χ1n) is 16.3. The van der Waals surface area contributed by atoms with Crippen molar-refractivity contribution in [3.63, 3.8) is 0 Å². The van der Waals surface area contributed by atoms with Crippen molar-refractivity contribution in [2.45, 2.75) is 46.5 Å². The fraction of sp³-hybridized carbons (Fsp3) is 0.171. The predicted octanol–water partition coefficient (Wildman–Crippen LogP) is 8.42. The van der Waals surface area contributed by atoms with E-state index >= 15 is 0 Å². The van der Waals surface area contributed by atoms with Crippen LogP contribution in [-0.2, 0) is 12.8 Å². The fourth-order valence-corrected chi connectivity index (χ4v) is 6.85. The molecule has 2 N–H and O–H groups in total. The summed E-state index contributed by atoms with van der Waals surface area (Å²) in [4.78, 5) is 58.2. The number of hydrogen-bond donors (Lipinski definition) is 1. The normalized spacial score (nSPS) is 13.8. The van der Waals surface area contributed by atoms with E-state index in [9.17, 15) is 19.2 Å². The molecular weight excluding hydrogens is 598 g/mol. The first-order valence-corrected chi connectivity index (χ1v) is 16.3. The molecule has 4 amide bonds. The van der Waals surface area contributed by atoms with E-state index in [-0.39, 0.29) is 11.8 Å². The summed E-state index contributed by atoms with van der Waals surface area (Å²) >= 11 is 0. The van der Waals surface area contributed by atoms with Gasteiger partial charge in [0.05, 0.1) is 33.6 Å². The number of carbonyl (C=O) groups excluding carboxylic acids is 4. The molecule has 0 fully saturated rings. The minimum Gasteiger partial charge on any atom is -0.399 e. The van der Waals surface area contributed by atoms with Gasteiger partial charge in [0, 0.05) is 5.69 Å². The number of benzene rings is 5. The van der Waals surface area contributed by atoms with Crippen LogP contribution in [0, 0.1) is 6.92 Å². The van der Waals surface area contributed by atoms with Crippen LogP contribution < -0.4 is 15.5 Å². The highest BCUT2D eigenvalue weighted by Gasteiger charge is 2.41. The van der Waals surface area contributed by atoms with E-state index in [0.717, 1.165) is 51.8 Å². The fourth-order valence-electron chi connectivity index (χ4n) is 6.85. The Morgan fingerprint density at radius 3 is 1.27 bits per heavy atom. The molecule has 2 aliphatic rings. The molecule has 48 heavy (non-hydrogen) atoms. The number of fused-ring (bicyclic) bond motifs is 2. The second-order valence-corrected chi connectivity index (χ2v) is 12.5. The van der Waals surface area contributed by atoms with Crippen molar-refractivity contribution in [3.05, 3.63) is 136 Å². The van der Waals surface area contributed by atoms with Crippen molar-refractivity contribution in [1.29, 1.82) is 0 Å². The number of nitrogens with two attached hydrogens (primary N) is 1. The largest absolute Gasteiger partial charge is 0.399 e. The molecule has 0 atom stereocenters. The highest BCUT2D eigenvalue weighted by Crippen LogP contribution is 2.41. The lowest BCUT2D eigenvalue weighted by Crippen LogP contribution is -2.33. The third kappa shape index (κ3) is 4.99. The van der Waals surface area contributed by atoms with Gasteiger partial charge >= 0.3 is 0 Å². The number of hydrogen-bond acceptors (Lipinski definition) is 5. The highest BCUT2D eigenvalue weighted by molar-refractivity contribution is 6.36. The van der Waals surface area contributed by atoms with E-state index in [1.807, 2.05) is 69.3 Å². The van der Waals surface area contributed by atoms with E-state index in [1.54, 1.807) is 48.5 Å². The number of nitrogens with zero attached hydrogens (tertiary/aromatic N) is 2. The Labute approximate surface area is 279 Å². The van der Waals surface area contributed by atoms with Gasteiger partial charge in [0.25, 0.3) is 23.6 Å². The molecule has 7 heteroatoms. The lowest BCUT2D eigenvalue weighted by atomic mass is 9.94. The molecule has 7 nitrogen and oxygen atoms in total. The monoisotopic (exact) mass is 633 g/mol. The summed E-state index contributed by atoms with van der Waals surface area (Å²) in [5.74, 6) is -1.55. The zero-order valence-corrected chi connectivity index (χ0v) is 27.2. The van der Waals surface area contributed by atoms with Crippen molar-refractivity contribution in [1.82, 2.24) is 0 Å². The SMILES string of the molecule is CCCc1c(N2C(=O)c3ccc(-c4ccc(C)cc4)cc3C2=O)ccc(N2C(=O)c3ccc(-c4ccc(N)cc4)cc3C2=O)c1CCC. The molecule has 5 aromatic carbocycles. The van der Waals surface area contributed by atoms with E-state index in [0.29, 0.717) is 52.2 Å². The van der Waals surface area contributed by atoms with Gasteiger partial charge in [0.15, 0.2) is 0 Å². The van der Waals surface area contributed by atoms with Crippen LogP contribution in [0.3, 0.4) is 0 Å². The van der Waals surface area contributed by atoms with E-state index in [4.69, 9.17) is 5.73 Å². The standard InChI is InChI=1S/C41H35N3O4/c1-4-6-30-31(7-5-2)37(44-39(46)33-19-15-28(23-35(33)41(44)48)26-12-16-29(42)17-13-26)21-20-36(30)43-38(45)32-18-14-27(22-34(32)40(43)47)25-10-8-24(3)9-11-25/h8-23H,4-7,42H2,1-3H3. The quantitative estimate of drug-likeness (QED) is 0.137. The first kappa shape index (κ1) is 30.8. The molecule has 2 heterocycles. The van der Waals surface area contributed by atoms with Gasteiger partial charge in [0.2, 0.25) is 0 Å². The first-order chi connectivity index (χ1) is 23.2. The summed E-state index contributed by atoms with van der Waals surface area (Å²) in [5, 5.41) is 0. The zero-order chi connectivity index (χ0) is 33.7. The maximum absolute atomic E-state index is 14.0. The molecule has 7 rings (SSSR count). The molecule has 0 saturated carbocycles. The van der Waals surface area contributed by atoms with Crippen LogP contribution in [0.5, 0.6) is 0 Å². The van der Waals surface area contributed by atoms with E-state index in [2.05, 4.69) is 0 Å². The topological polar surface area (TPSA) is 101 Å². The van der Waals surface area contributed by atoms with Crippen LogP contribution in [0.2, 0.25) is 0 Å². The molecule has 0 unspecified atom stereocenters. The smallest absolute Gasteiger partial charge is 0.266 e. The number of nitrogen functional groups attached to an aromatic ring is 1. The minimum absolute atomic E-state index is 0.336. The molecule has 0 saturated heterocycles. The Kier molecular flexibility index (Phi) is 7.76. The van der Waals surface area contributed by atoms with Gasteiger partial charge in [-0.15, -0.1) is 0 Å². The zero-order valence-electron chi connectivity index (χ0n) is 27.2. The van der Waals surface area contributed by atoms with Gasteiger partial charge in [-0.25, -0.2) is 9.80 Å². The summed E-state index contributed by atoms with van der Waals surface area (Å²) in [7, 11) is 0. The Hall–Kier alpha value is -5.82. The lowest BCUT2D eigenvalue weighted by molar-refractivity contribution is 0.0909. The molecule has 0 spiro atoms. The number of anilines is 3. The van der Waals surface area contributed by atoms with Crippen molar-refractivity contribution < 1.29 is 19.2 Å². The number of carbonyl (C=O) groups is 4. The highest BCUT2D eigenvalue weighted by atomic mass is 16.2. The minimum atomic E-state index is -0.399. The summed E-state index contributed by atoms with van der Waals surface area (Å²) < 4.78 is 0. The average molecular weight is 634 g/mol. The Bertz CT molecular complexity index is 1990. The second kappa shape index (κ2) is 12.1. The van der Waals surface area contributed by atoms with Crippen molar-refractivity contribution in [2.75, 3.05) is 15.5 Å². The van der Waals surface area contributed by atoms with Gasteiger partial charge in [-0.05, 0) is 102 Å². The Morgan fingerprint density at radius 2 is 0.854 bits per heavy atom. The Morgan fingerprint density at radius 1 is 0.479 bits per heavy atom. The summed E-state index contributed by atoms with van der Waals surface area (Å²) in [6, 6.07) is 29.5. The van der Waals surface area contributed by atoms with E-state index < -0.39 is 11.8 Å². The van der Waals surface area contributed by atoms with Crippen LogP contribution in [0.25, 0.3) is 22.3 Å². The molecule has 2 aliphatic heterocycles. The van der Waals surface area contributed by atoms with E-state index in [1.165, 1.54) is 9.80 Å². The number of rotatable bonds is 8. The summed E-state index contributed by atoms with van der Waals surface area (Å²) in [5.41, 5.74) is 15.1. The third-order valence-electron chi connectivity index (χ3n) is 9.27. The molecular formula is C41H35N3O4. The van der Waals surface area contributed by atoms with Gasteiger partial charge in [-0.2, -0.15) is 0 Å². The number of amides is 4. The average Bonchev–Trinajstić information content (AvgIpc) is 3.49.